The second-order valence-corrected chi connectivity index (χ2v) is 14.8. The summed E-state index contributed by atoms with van der Waals surface area (Å²) in [6, 6.07) is 8.56. The Morgan fingerprint density at radius 3 is 2.42 bits per heavy atom. The van der Waals surface area contributed by atoms with Crippen LogP contribution in [0.4, 0.5) is 17.2 Å². The number of carbonyl (C=O) groups is 1. The number of aromatic nitrogens is 2. The number of hydrogen-bond acceptors (Lipinski definition) is 8. The van der Waals surface area contributed by atoms with E-state index >= 15 is 0 Å². The minimum absolute atomic E-state index is 0.298. The van der Waals surface area contributed by atoms with E-state index in [-0.39, 0.29) is 0 Å². The molecule has 0 radical (unpaired) electrons. The molecule has 1 aromatic carbocycles. The molecule has 2 saturated heterocycles. The summed E-state index contributed by atoms with van der Waals surface area (Å²) in [5, 5.41) is 0.978. The van der Waals surface area contributed by atoms with E-state index in [0.29, 0.717) is 36.3 Å². The summed E-state index contributed by atoms with van der Waals surface area (Å²) in [6.45, 7) is 4.72. The zero-order valence-electron chi connectivity index (χ0n) is 25.3. The highest BCUT2D eigenvalue weighted by molar-refractivity contribution is 7.90. The molecule has 3 fully saturated rings. The number of rotatable bonds is 6. The van der Waals surface area contributed by atoms with E-state index in [9.17, 15) is 13.2 Å². The number of benzene rings is 1. The van der Waals surface area contributed by atoms with Gasteiger partial charge in [0.05, 0.1) is 28.5 Å². The van der Waals surface area contributed by atoms with Crippen LogP contribution in [0.3, 0.4) is 0 Å². The minimum atomic E-state index is -3.75. The number of likely N-dealkylation sites (N-methyl/N-ethyl adjacent to an activating group) is 1. The number of pyridine rings is 2. The highest BCUT2D eigenvalue weighted by Gasteiger charge is 2.54. The molecule has 11 heteroatoms. The summed E-state index contributed by atoms with van der Waals surface area (Å²) < 4.78 is 30.1. The summed E-state index contributed by atoms with van der Waals surface area (Å²) >= 11 is 0. The van der Waals surface area contributed by atoms with Crippen molar-refractivity contribution in [2.24, 2.45) is 0 Å². The standard InChI is InChI=1S/C32H41N7O3S/c1-36(2)43(41,42)35-27-18-23(19-34-31(27)39-15-10-24(11-16-39)38-13-5-4-6-14-38)22-7-8-26-25(17-22)30-28(20-33-26)37(3)21-32(30)12-9-29(32)40/h7-8,17-20,24,35H,4-6,9-16,21H2,1-3H3. The highest BCUT2D eigenvalue weighted by Crippen LogP contribution is 2.52. The number of fused-ring (bicyclic) bond motifs is 4. The third-order valence-corrected chi connectivity index (χ3v) is 11.6. The van der Waals surface area contributed by atoms with Gasteiger partial charge >= 0.3 is 10.2 Å². The smallest absolute Gasteiger partial charge is 0.301 e. The first kappa shape index (κ1) is 28.5. The van der Waals surface area contributed by atoms with Crippen molar-refractivity contribution in [1.82, 2.24) is 19.2 Å². The lowest BCUT2D eigenvalue weighted by molar-refractivity contribution is -0.130. The van der Waals surface area contributed by atoms with Crippen LogP contribution in [-0.4, -0.2) is 93.3 Å². The molecule has 43 heavy (non-hydrogen) atoms. The van der Waals surface area contributed by atoms with Gasteiger partial charge in [0.15, 0.2) is 5.82 Å². The summed E-state index contributed by atoms with van der Waals surface area (Å²) in [4.78, 5) is 29.5. The number of hydrogen-bond donors (Lipinski definition) is 1. The third-order valence-electron chi connectivity index (χ3n) is 10.1. The van der Waals surface area contributed by atoms with Crippen LogP contribution < -0.4 is 14.5 Å². The minimum Gasteiger partial charge on any atom is -0.372 e. The van der Waals surface area contributed by atoms with Gasteiger partial charge in [-0.15, -0.1) is 0 Å². The number of ketones is 1. The quantitative estimate of drug-likeness (QED) is 0.451. The summed E-state index contributed by atoms with van der Waals surface area (Å²) in [7, 11) is 1.32. The Morgan fingerprint density at radius 2 is 1.74 bits per heavy atom. The molecule has 3 aromatic rings. The Hall–Kier alpha value is -3.28. The topological polar surface area (TPSA) is 102 Å². The van der Waals surface area contributed by atoms with Crippen molar-refractivity contribution in [2.45, 2.75) is 56.4 Å². The van der Waals surface area contributed by atoms with Gasteiger partial charge in [-0.3, -0.25) is 14.5 Å². The number of Topliss-reactive ketones (excluding diaryl/α,β-unsaturated/α-hetero) is 1. The first-order valence-electron chi connectivity index (χ1n) is 15.5. The zero-order valence-corrected chi connectivity index (χ0v) is 26.2. The van der Waals surface area contributed by atoms with E-state index in [1.54, 1.807) is 0 Å². The van der Waals surface area contributed by atoms with Gasteiger partial charge in [-0.05, 0) is 69.0 Å². The lowest BCUT2D eigenvalue weighted by Gasteiger charge is -2.41. The Labute approximate surface area is 254 Å². The van der Waals surface area contributed by atoms with Crippen molar-refractivity contribution in [1.29, 1.82) is 0 Å². The molecule has 1 aliphatic carbocycles. The lowest BCUT2D eigenvalue weighted by Crippen LogP contribution is -2.48. The Kier molecular flexibility index (Phi) is 7.10. The first-order valence-corrected chi connectivity index (χ1v) is 17.0. The SMILES string of the molecule is CN1CC2(CCC2=O)c2c1cnc1ccc(-c3cnc(N4CCC(N5CCCCC5)CC4)c(NS(=O)(=O)N(C)C)c3)cc21. The van der Waals surface area contributed by atoms with E-state index < -0.39 is 15.6 Å². The van der Waals surface area contributed by atoms with Crippen molar-refractivity contribution in [2.75, 3.05) is 68.4 Å². The molecule has 0 bridgehead atoms. The number of likely N-dealkylation sites (tertiary alicyclic amines) is 1. The predicted molar refractivity (Wildman–Crippen MR) is 171 cm³/mol. The van der Waals surface area contributed by atoms with Crippen LogP contribution in [0.2, 0.25) is 0 Å². The molecule has 7 rings (SSSR count). The fourth-order valence-electron chi connectivity index (χ4n) is 7.58. The molecule has 4 aliphatic rings. The van der Waals surface area contributed by atoms with E-state index in [2.05, 4.69) is 25.5 Å². The molecule has 228 valence electrons. The van der Waals surface area contributed by atoms with Crippen molar-refractivity contribution >= 4 is 44.1 Å². The third kappa shape index (κ3) is 4.85. The molecule has 1 unspecified atom stereocenters. The molecular weight excluding hydrogens is 562 g/mol. The maximum Gasteiger partial charge on any atom is 0.301 e. The second-order valence-electron chi connectivity index (χ2n) is 12.9. The summed E-state index contributed by atoms with van der Waals surface area (Å²) in [5.41, 5.74) is 4.68. The van der Waals surface area contributed by atoms with Gasteiger partial charge in [-0.25, -0.2) is 4.98 Å². The maximum atomic E-state index is 13.0. The van der Waals surface area contributed by atoms with Crippen LogP contribution >= 0.6 is 0 Å². The summed E-state index contributed by atoms with van der Waals surface area (Å²) in [5.74, 6) is 0.960. The Morgan fingerprint density at radius 1 is 0.977 bits per heavy atom. The van der Waals surface area contributed by atoms with E-state index in [4.69, 9.17) is 9.97 Å². The largest absolute Gasteiger partial charge is 0.372 e. The number of nitrogens with one attached hydrogen (secondary N) is 1. The van der Waals surface area contributed by atoms with Gasteiger partial charge in [0, 0.05) is 75.9 Å². The van der Waals surface area contributed by atoms with Crippen molar-refractivity contribution < 1.29 is 13.2 Å². The first-order chi connectivity index (χ1) is 20.7. The maximum absolute atomic E-state index is 13.0. The average molecular weight is 604 g/mol. The highest BCUT2D eigenvalue weighted by atomic mass is 32.2. The summed E-state index contributed by atoms with van der Waals surface area (Å²) in [6.07, 6.45) is 11.2. The Bertz CT molecular complexity index is 1680. The molecule has 1 N–H and O–H groups in total. The molecule has 3 aliphatic heterocycles. The molecule has 1 atom stereocenters. The Balaban J connectivity index is 1.24. The fourth-order valence-corrected chi connectivity index (χ4v) is 8.19. The molecule has 0 amide bonds. The van der Waals surface area contributed by atoms with Crippen LogP contribution in [0, 0.1) is 0 Å². The van der Waals surface area contributed by atoms with Crippen LogP contribution in [0.25, 0.3) is 22.0 Å². The van der Waals surface area contributed by atoms with E-state index in [0.717, 1.165) is 65.6 Å². The van der Waals surface area contributed by atoms with E-state index in [1.165, 1.54) is 50.8 Å². The van der Waals surface area contributed by atoms with E-state index in [1.807, 2.05) is 37.6 Å². The number of piperidine rings is 2. The monoisotopic (exact) mass is 603 g/mol. The van der Waals surface area contributed by atoms with Gasteiger partial charge in [-0.1, -0.05) is 12.5 Å². The normalized spacial score (nSPS) is 23.3. The van der Waals surface area contributed by atoms with Crippen molar-refractivity contribution in [3.63, 3.8) is 0 Å². The molecule has 5 heterocycles. The van der Waals surface area contributed by atoms with Crippen LogP contribution in [0.5, 0.6) is 0 Å². The average Bonchev–Trinajstić information content (AvgIpc) is 3.35. The fraction of sp³-hybridized carbons (Fsp3) is 0.531. The van der Waals surface area contributed by atoms with Crippen LogP contribution in [0.15, 0.2) is 36.7 Å². The van der Waals surface area contributed by atoms with Gasteiger partial charge in [0.1, 0.15) is 5.78 Å². The van der Waals surface area contributed by atoms with Gasteiger partial charge in [-0.2, -0.15) is 12.7 Å². The van der Waals surface area contributed by atoms with Gasteiger partial charge in [0.2, 0.25) is 0 Å². The van der Waals surface area contributed by atoms with Crippen LogP contribution in [0.1, 0.15) is 50.5 Å². The number of carbonyl (C=O) groups excluding carboxylic acids is 1. The lowest BCUT2D eigenvalue weighted by atomic mass is 9.64. The van der Waals surface area contributed by atoms with Crippen molar-refractivity contribution in [3.8, 4) is 11.1 Å². The zero-order chi connectivity index (χ0) is 29.9. The molecule has 10 nitrogen and oxygen atoms in total. The predicted octanol–water partition coefficient (Wildman–Crippen LogP) is 4.02. The molecule has 2 aromatic heterocycles. The molecule has 1 saturated carbocycles. The van der Waals surface area contributed by atoms with Crippen LogP contribution in [-0.2, 0) is 20.4 Å². The van der Waals surface area contributed by atoms with Crippen molar-refractivity contribution in [3.05, 3.63) is 42.2 Å². The van der Waals surface area contributed by atoms with Gasteiger partial charge < -0.3 is 14.7 Å². The number of anilines is 3. The van der Waals surface area contributed by atoms with Gasteiger partial charge in [0.25, 0.3) is 0 Å². The molecule has 1 spiro atoms. The number of nitrogens with zero attached hydrogens (tertiary/aromatic N) is 6. The second kappa shape index (κ2) is 10.7. The molecular formula is C32H41N7O3S.